The highest BCUT2D eigenvalue weighted by molar-refractivity contribution is 7.92. The van der Waals surface area contributed by atoms with Crippen molar-refractivity contribution in [2.24, 2.45) is 5.41 Å². The Morgan fingerprint density at radius 1 is 0.833 bits per heavy atom. The Bertz CT molecular complexity index is 1320. The molecule has 2 fully saturated rings. The summed E-state index contributed by atoms with van der Waals surface area (Å²) in [5.74, 6) is 1.57. The molecule has 1 amide bonds. The molecule has 7 heteroatoms. The van der Waals surface area contributed by atoms with Crippen LogP contribution in [0.4, 0.5) is 0 Å². The van der Waals surface area contributed by atoms with Gasteiger partial charge in [0.15, 0.2) is 0 Å². The molecule has 6 nitrogen and oxygen atoms in total. The average Bonchev–Trinajstić information content (AvgIpc) is 3.19. The lowest BCUT2D eigenvalue weighted by atomic mass is 9.79. The molecule has 0 aromatic heterocycles. The van der Waals surface area contributed by atoms with E-state index in [1.807, 2.05) is 89.8 Å². The number of sulfonamides is 1. The van der Waals surface area contributed by atoms with Crippen LogP contribution in [-0.2, 0) is 21.4 Å². The molecule has 0 bridgehead atoms. The predicted octanol–water partition coefficient (Wildman–Crippen LogP) is 5.29. The van der Waals surface area contributed by atoms with E-state index in [0.717, 1.165) is 29.0 Å². The van der Waals surface area contributed by atoms with Crippen LogP contribution in [0.3, 0.4) is 0 Å². The van der Waals surface area contributed by atoms with Crippen LogP contribution in [0, 0.1) is 5.41 Å². The lowest BCUT2D eigenvalue weighted by Gasteiger charge is -2.37. The second-order valence-electron chi connectivity index (χ2n) is 9.51. The summed E-state index contributed by atoms with van der Waals surface area (Å²) < 4.78 is 33.4. The fraction of sp³-hybridized carbons (Fsp3) is 0.276. The van der Waals surface area contributed by atoms with Gasteiger partial charge in [0, 0.05) is 31.6 Å². The number of carbonyl (C=O) groups excluding carboxylic acids is 1. The summed E-state index contributed by atoms with van der Waals surface area (Å²) in [6.45, 7) is 1.83. The molecule has 2 saturated heterocycles. The van der Waals surface area contributed by atoms with Gasteiger partial charge in [0.05, 0.1) is 5.41 Å². The van der Waals surface area contributed by atoms with Gasteiger partial charge in [-0.05, 0) is 60.7 Å². The van der Waals surface area contributed by atoms with Gasteiger partial charge in [-0.15, -0.1) is 0 Å². The first kappa shape index (κ1) is 24.3. The van der Waals surface area contributed by atoms with E-state index in [0.29, 0.717) is 32.5 Å². The van der Waals surface area contributed by atoms with Gasteiger partial charge in [0.25, 0.3) is 0 Å². The Balaban J connectivity index is 1.23. The van der Waals surface area contributed by atoms with Crippen molar-refractivity contribution in [3.8, 4) is 11.5 Å². The van der Waals surface area contributed by atoms with Crippen molar-refractivity contribution in [2.75, 3.05) is 19.6 Å². The minimum atomic E-state index is -3.61. The van der Waals surface area contributed by atoms with Crippen LogP contribution in [0.2, 0.25) is 0 Å². The highest BCUT2D eigenvalue weighted by Gasteiger charge is 2.50. The maximum atomic E-state index is 13.5. The van der Waals surface area contributed by atoms with E-state index in [9.17, 15) is 13.2 Å². The molecule has 36 heavy (non-hydrogen) atoms. The third-order valence-corrected chi connectivity index (χ3v) is 8.52. The molecule has 0 aliphatic carbocycles. The van der Waals surface area contributed by atoms with Gasteiger partial charge < -0.3 is 9.64 Å². The van der Waals surface area contributed by atoms with E-state index in [1.54, 1.807) is 6.08 Å². The van der Waals surface area contributed by atoms with E-state index in [2.05, 4.69) is 0 Å². The Labute approximate surface area is 212 Å². The minimum Gasteiger partial charge on any atom is -0.457 e. The summed E-state index contributed by atoms with van der Waals surface area (Å²) in [6, 6.07) is 26.7. The Hall–Kier alpha value is -3.42. The molecule has 186 valence electrons. The molecule has 0 radical (unpaired) electrons. The number of likely N-dealkylation sites (tertiary alicyclic amines) is 1. The van der Waals surface area contributed by atoms with E-state index in [-0.39, 0.29) is 12.5 Å². The quantitative estimate of drug-likeness (QED) is 0.440. The summed E-state index contributed by atoms with van der Waals surface area (Å²) in [7, 11) is -3.61. The van der Waals surface area contributed by atoms with E-state index < -0.39 is 15.4 Å². The number of amides is 1. The van der Waals surface area contributed by atoms with Gasteiger partial charge in [0.1, 0.15) is 11.5 Å². The number of hydrogen-bond acceptors (Lipinski definition) is 4. The smallest absolute Gasteiger partial charge is 0.236 e. The normalized spacial score (nSPS) is 20.9. The van der Waals surface area contributed by atoms with Crippen LogP contribution in [0.5, 0.6) is 11.5 Å². The number of para-hydroxylation sites is 1. The number of benzene rings is 3. The van der Waals surface area contributed by atoms with Gasteiger partial charge >= 0.3 is 0 Å². The molecular formula is C29H30N2O4S. The molecule has 0 saturated carbocycles. The standard InChI is InChI=1S/C29H30N2O4S/c32-28-29(17-7-19-31(23-29)36(33,34)21-16-24-8-3-1-4-9-24)18-20-30(28)22-25-12-14-27(15-13-25)35-26-10-5-2-6-11-26/h1-6,8-16,21H,7,17-20,22-23H2/b21-16+. The molecule has 2 aliphatic heterocycles. The Morgan fingerprint density at radius 2 is 1.50 bits per heavy atom. The van der Waals surface area contributed by atoms with Crippen LogP contribution in [0.25, 0.3) is 6.08 Å². The zero-order chi connectivity index (χ0) is 25.0. The fourth-order valence-electron chi connectivity index (χ4n) is 5.05. The number of nitrogens with zero attached hydrogens (tertiary/aromatic N) is 2. The maximum absolute atomic E-state index is 13.5. The summed E-state index contributed by atoms with van der Waals surface area (Å²) in [5, 5.41) is 1.26. The molecule has 2 heterocycles. The topological polar surface area (TPSA) is 66.9 Å². The number of rotatable bonds is 7. The van der Waals surface area contributed by atoms with E-state index in [4.69, 9.17) is 4.74 Å². The lowest BCUT2D eigenvalue weighted by molar-refractivity contribution is -0.138. The summed E-state index contributed by atoms with van der Waals surface area (Å²) in [5.41, 5.74) is 1.21. The zero-order valence-electron chi connectivity index (χ0n) is 20.1. The van der Waals surface area contributed by atoms with Gasteiger partial charge in [-0.3, -0.25) is 4.79 Å². The molecule has 2 aliphatic rings. The van der Waals surface area contributed by atoms with Crippen LogP contribution in [0.15, 0.2) is 90.3 Å². The molecule has 1 spiro atoms. The first-order valence-corrected chi connectivity index (χ1v) is 13.8. The fourth-order valence-corrected chi connectivity index (χ4v) is 6.36. The van der Waals surface area contributed by atoms with E-state index in [1.165, 1.54) is 9.71 Å². The number of hydrogen-bond donors (Lipinski definition) is 0. The molecular weight excluding hydrogens is 472 g/mol. The van der Waals surface area contributed by atoms with Crippen molar-refractivity contribution < 1.29 is 17.9 Å². The van der Waals surface area contributed by atoms with Crippen LogP contribution < -0.4 is 4.74 Å². The average molecular weight is 503 g/mol. The Kier molecular flexibility index (Phi) is 6.94. The zero-order valence-corrected chi connectivity index (χ0v) is 20.9. The highest BCUT2D eigenvalue weighted by atomic mass is 32.2. The van der Waals surface area contributed by atoms with Gasteiger partial charge in [-0.2, -0.15) is 4.31 Å². The second-order valence-corrected chi connectivity index (χ2v) is 11.3. The molecule has 5 rings (SSSR count). The number of piperidine rings is 1. The second kappa shape index (κ2) is 10.3. The van der Waals surface area contributed by atoms with Gasteiger partial charge in [0.2, 0.25) is 15.9 Å². The number of ether oxygens (including phenoxy) is 1. The van der Waals surface area contributed by atoms with E-state index >= 15 is 0 Å². The first-order chi connectivity index (χ1) is 17.4. The van der Waals surface area contributed by atoms with Gasteiger partial charge in [-0.1, -0.05) is 60.7 Å². The van der Waals surface area contributed by atoms with Crippen molar-refractivity contribution >= 4 is 22.0 Å². The van der Waals surface area contributed by atoms with Crippen LogP contribution >= 0.6 is 0 Å². The van der Waals surface area contributed by atoms with Gasteiger partial charge in [-0.25, -0.2) is 8.42 Å². The first-order valence-electron chi connectivity index (χ1n) is 12.3. The predicted molar refractivity (Wildman–Crippen MR) is 141 cm³/mol. The monoisotopic (exact) mass is 502 g/mol. The highest BCUT2D eigenvalue weighted by Crippen LogP contribution is 2.41. The molecule has 3 aromatic rings. The number of carbonyl (C=O) groups is 1. The minimum absolute atomic E-state index is 0.0547. The molecule has 0 N–H and O–H groups in total. The third-order valence-electron chi connectivity index (χ3n) is 7.01. The van der Waals surface area contributed by atoms with Crippen molar-refractivity contribution in [3.63, 3.8) is 0 Å². The molecule has 1 unspecified atom stereocenters. The van der Waals surface area contributed by atoms with Crippen molar-refractivity contribution in [1.82, 2.24) is 9.21 Å². The largest absolute Gasteiger partial charge is 0.457 e. The lowest BCUT2D eigenvalue weighted by Crippen LogP contribution is -2.49. The van der Waals surface area contributed by atoms with Crippen LogP contribution in [-0.4, -0.2) is 43.2 Å². The third kappa shape index (κ3) is 5.37. The summed E-state index contributed by atoms with van der Waals surface area (Å²) in [6.07, 6.45) is 3.70. The molecule has 3 aromatic carbocycles. The van der Waals surface area contributed by atoms with Crippen LogP contribution in [0.1, 0.15) is 30.4 Å². The van der Waals surface area contributed by atoms with Crippen molar-refractivity contribution in [2.45, 2.75) is 25.8 Å². The SMILES string of the molecule is O=C1N(Cc2ccc(Oc3ccccc3)cc2)CCC12CCCN(S(=O)(=O)/C=C/c1ccccc1)C2. The van der Waals surface area contributed by atoms with Crippen molar-refractivity contribution in [3.05, 3.63) is 101 Å². The maximum Gasteiger partial charge on any atom is 0.236 e. The summed E-state index contributed by atoms with van der Waals surface area (Å²) >= 11 is 0. The van der Waals surface area contributed by atoms with Crippen molar-refractivity contribution in [1.29, 1.82) is 0 Å². The molecule has 1 atom stereocenters. The Morgan fingerprint density at radius 3 is 2.22 bits per heavy atom. The summed E-state index contributed by atoms with van der Waals surface area (Å²) in [4.78, 5) is 15.4.